The number of thiophene rings is 1. The van der Waals surface area contributed by atoms with Gasteiger partial charge in [0, 0.05) is 17.8 Å². The fourth-order valence-corrected chi connectivity index (χ4v) is 2.33. The molecule has 0 bridgehead atoms. The lowest BCUT2D eigenvalue weighted by Gasteiger charge is -1.94. The van der Waals surface area contributed by atoms with E-state index in [1.165, 1.54) is 21.2 Å². The molecule has 0 saturated carbocycles. The average Bonchev–Trinajstić information content (AvgIpc) is 2.34. The summed E-state index contributed by atoms with van der Waals surface area (Å²) in [5.74, 6) is 0. The third kappa shape index (κ3) is 0.942. The molecule has 0 radical (unpaired) electrons. The highest BCUT2D eigenvalue weighted by molar-refractivity contribution is 7.17. The number of aryl methyl sites for hydroxylation is 2. The minimum atomic E-state index is 1.28. The molecule has 0 amide bonds. The Kier molecular flexibility index (Phi) is 1.43. The van der Waals surface area contributed by atoms with Gasteiger partial charge in [-0.05, 0) is 30.4 Å². The standard InChI is InChI=1S/C9H9NS/c1-6-3-10-4-8-9(6)7(2)5-11-8/h3-5H,1-2H3. The Morgan fingerprint density at radius 2 is 2.00 bits per heavy atom. The van der Waals surface area contributed by atoms with E-state index in [9.17, 15) is 0 Å². The lowest BCUT2D eigenvalue weighted by molar-refractivity contribution is 1.31. The number of fused-ring (bicyclic) bond motifs is 1. The molecule has 2 rings (SSSR count). The van der Waals surface area contributed by atoms with Crippen molar-refractivity contribution in [1.82, 2.24) is 4.98 Å². The molecule has 2 aromatic heterocycles. The van der Waals surface area contributed by atoms with Crippen LogP contribution in [-0.2, 0) is 0 Å². The quantitative estimate of drug-likeness (QED) is 0.582. The molecule has 0 aliphatic carbocycles. The van der Waals surface area contributed by atoms with Crippen LogP contribution in [0.25, 0.3) is 10.1 Å². The van der Waals surface area contributed by atoms with Gasteiger partial charge in [0.25, 0.3) is 0 Å². The van der Waals surface area contributed by atoms with Crippen molar-refractivity contribution in [3.05, 3.63) is 28.9 Å². The Morgan fingerprint density at radius 3 is 2.73 bits per heavy atom. The molecule has 56 valence electrons. The van der Waals surface area contributed by atoms with Gasteiger partial charge in [0.1, 0.15) is 0 Å². The number of hydrogen-bond donors (Lipinski definition) is 0. The van der Waals surface area contributed by atoms with Crippen molar-refractivity contribution < 1.29 is 0 Å². The smallest absolute Gasteiger partial charge is 0.0531 e. The second-order valence-electron chi connectivity index (χ2n) is 2.75. The normalized spacial score (nSPS) is 10.7. The monoisotopic (exact) mass is 163 g/mol. The van der Waals surface area contributed by atoms with Gasteiger partial charge in [-0.15, -0.1) is 11.3 Å². The SMILES string of the molecule is Cc1cncc2scc(C)c12. The van der Waals surface area contributed by atoms with Crippen LogP contribution in [0.5, 0.6) is 0 Å². The van der Waals surface area contributed by atoms with Crippen LogP contribution in [0.3, 0.4) is 0 Å². The lowest BCUT2D eigenvalue weighted by Crippen LogP contribution is -1.77. The highest BCUT2D eigenvalue weighted by Crippen LogP contribution is 2.26. The van der Waals surface area contributed by atoms with Crippen molar-refractivity contribution in [3.8, 4) is 0 Å². The largest absolute Gasteiger partial charge is 0.263 e. The first-order valence-electron chi connectivity index (χ1n) is 3.57. The molecule has 2 heteroatoms. The molecule has 0 atom stereocenters. The van der Waals surface area contributed by atoms with Gasteiger partial charge >= 0.3 is 0 Å². The Morgan fingerprint density at radius 1 is 1.18 bits per heavy atom. The van der Waals surface area contributed by atoms with Crippen LogP contribution in [0.4, 0.5) is 0 Å². The molecule has 0 unspecified atom stereocenters. The summed E-state index contributed by atoms with van der Waals surface area (Å²) < 4.78 is 1.29. The summed E-state index contributed by atoms with van der Waals surface area (Å²) in [6.45, 7) is 4.25. The molecular weight excluding hydrogens is 154 g/mol. The minimum absolute atomic E-state index is 1.28. The molecular formula is C9H9NS. The Balaban J connectivity index is 2.96. The van der Waals surface area contributed by atoms with E-state index in [-0.39, 0.29) is 0 Å². The van der Waals surface area contributed by atoms with Crippen LogP contribution in [0.1, 0.15) is 11.1 Å². The average molecular weight is 163 g/mol. The zero-order valence-electron chi connectivity index (χ0n) is 6.59. The van der Waals surface area contributed by atoms with Gasteiger partial charge in [0.05, 0.1) is 4.70 Å². The van der Waals surface area contributed by atoms with Gasteiger partial charge in [0.2, 0.25) is 0 Å². The summed E-state index contributed by atoms with van der Waals surface area (Å²) in [5.41, 5.74) is 2.64. The van der Waals surface area contributed by atoms with Gasteiger partial charge in [0.15, 0.2) is 0 Å². The number of hydrogen-bond acceptors (Lipinski definition) is 2. The fourth-order valence-electron chi connectivity index (χ4n) is 1.35. The van der Waals surface area contributed by atoms with E-state index >= 15 is 0 Å². The predicted octanol–water partition coefficient (Wildman–Crippen LogP) is 2.91. The zero-order chi connectivity index (χ0) is 7.84. The third-order valence-corrected chi connectivity index (χ3v) is 2.89. The van der Waals surface area contributed by atoms with Gasteiger partial charge in [-0.3, -0.25) is 4.98 Å². The second-order valence-corrected chi connectivity index (χ2v) is 3.66. The zero-order valence-corrected chi connectivity index (χ0v) is 7.40. The van der Waals surface area contributed by atoms with Crippen molar-refractivity contribution >= 4 is 21.4 Å². The van der Waals surface area contributed by atoms with E-state index in [1.54, 1.807) is 11.3 Å². The van der Waals surface area contributed by atoms with Crippen molar-refractivity contribution in [2.45, 2.75) is 13.8 Å². The molecule has 1 nitrogen and oxygen atoms in total. The Labute approximate surface area is 69.7 Å². The fraction of sp³-hybridized carbons (Fsp3) is 0.222. The molecule has 2 heterocycles. The van der Waals surface area contributed by atoms with Gasteiger partial charge in [-0.25, -0.2) is 0 Å². The van der Waals surface area contributed by atoms with Crippen LogP contribution in [0.2, 0.25) is 0 Å². The summed E-state index contributed by atoms with van der Waals surface area (Å²) in [4.78, 5) is 4.14. The molecule has 0 aliphatic rings. The van der Waals surface area contributed by atoms with Crippen LogP contribution in [0, 0.1) is 13.8 Å². The van der Waals surface area contributed by atoms with E-state index in [2.05, 4.69) is 24.2 Å². The Bertz CT molecular complexity index is 389. The molecule has 0 N–H and O–H groups in total. The number of aromatic nitrogens is 1. The minimum Gasteiger partial charge on any atom is -0.263 e. The second kappa shape index (κ2) is 2.31. The molecule has 0 aromatic carbocycles. The summed E-state index contributed by atoms with van der Waals surface area (Å²) in [7, 11) is 0. The van der Waals surface area contributed by atoms with E-state index in [0.717, 1.165) is 0 Å². The van der Waals surface area contributed by atoms with Gasteiger partial charge in [-0.1, -0.05) is 0 Å². The van der Waals surface area contributed by atoms with Gasteiger partial charge < -0.3 is 0 Å². The first kappa shape index (κ1) is 6.80. The molecule has 11 heavy (non-hydrogen) atoms. The predicted molar refractivity (Wildman–Crippen MR) is 49.1 cm³/mol. The summed E-state index contributed by atoms with van der Waals surface area (Å²) in [5, 5.41) is 3.56. The molecule has 0 aliphatic heterocycles. The van der Waals surface area contributed by atoms with E-state index in [1.807, 2.05) is 12.4 Å². The maximum Gasteiger partial charge on any atom is 0.0531 e. The summed E-state index contributed by atoms with van der Waals surface area (Å²) in [6.07, 6.45) is 3.85. The number of pyridine rings is 1. The van der Waals surface area contributed by atoms with E-state index < -0.39 is 0 Å². The molecule has 0 spiro atoms. The summed E-state index contributed by atoms with van der Waals surface area (Å²) >= 11 is 1.77. The Hall–Kier alpha value is -0.890. The highest BCUT2D eigenvalue weighted by atomic mass is 32.1. The van der Waals surface area contributed by atoms with E-state index in [4.69, 9.17) is 0 Å². The molecule has 2 aromatic rings. The van der Waals surface area contributed by atoms with Crippen LogP contribution in [-0.4, -0.2) is 4.98 Å². The van der Waals surface area contributed by atoms with Crippen LogP contribution in [0.15, 0.2) is 17.8 Å². The van der Waals surface area contributed by atoms with Gasteiger partial charge in [-0.2, -0.15) is 0 Å². The molecule has 0 fully saturated rings. The first-order valence-corrected chi connectivity index (χ1v) is 4.45. The highest BCUT2D eigenvalue weighted by Gasteiger charge is 2.01. The number of rotatable bonds is 0. The summed E-state index contributed by atoms with van der Waals surface area (Å²) in [6, 6.07) is 0. The maximum atomic E-state index is 4.14. The van der Waals surface area contributed by atoms with Crippen molar-refractivity contribution in [2.75, 3.05) is 0 Å². The lowest BCUT2D eigenvalue weighted by atomic mass is 10.1. The van der Waals surface area contributed by atoms with Crippen LogP contribution >= 0.6 is 11.3 Å². The third-order valence-electron chi connectivity index (χ3n) is 1.86. The van der Waals surface area contributed by atoms with Crippen molar-refractivity contribution in [1.29, 1.82) is 0 Å². The van der Waals surface area contributed by atoms with E-state index in [0.29, 0.717) is 0 Å². The van der Waals surface area contributed by atoms with Crippen molar-refractivity contribution in [3.63, 3.8) is 0 Å². The number of nitrogens with zero attached hydrogens (tertiary/aromatic N) is 1. The first-order chi connectivity index (χ1) is 5.29. The van der Waals surface area contributed by atoms with Crippen molar-refractivity contribution in [2.24, 2.45) is 0 Å². The maximum absolute atomic E-state index is 4.14. The topological polar surface area (TPSA) is 12.9 Å². The van der Waals surface area contributed by atoms with Crippen LogP contribution < -0.4 is 0 Å². The molecule has 0 saturated heterocycles.